The third kappa shape index (κ3) is 5.87. The van der Waals surface area contributed by atoms with E-state index in [2.05, 4.69) is 29.8 Å². The minimum Gasteiger partial charge on any atom is -0.350 e. The van der Waals surface area contributed by atoms with Crippen molar-refractivity contribution in [2.24, 2.45) is 11.8 Å². The zero-order valence-electron chi connectivity index (χ0n) is 14.7. The van der Waals surface area contributed by atoms with E-state index >= 15 is 0 Å². The summed E-state index contributed by atoms with van der Waals surface area (Å²) in [5.74, 6) is 0.902. The van der Waals surface area contributed by atoms with Crippen molar-refractivity contribution in [1.29, 1.82) is 0 Å². The fourth-order valence-electron chi connectivity index (χ4n) is 3.38. The molecule has 2 rings (SSSR count). The molecule has 1 aromatic carbocycles. The van der Waals surface area contributed by atoms with Crippen LogP contribution in [0.1, 0.15) is 45.1 Å². The van der Waals surface area contributed by atoms with Crippen LogP contribution in [0.25, 0.3) is 0 Å². The van der Waals surface area contributed by atoms with Gasteiger partial charge >= 0.3 is 6.03 Å². The molecule has 0 spiro atoms. The quantitative estimate of drug-likeness (QED) is 0.750. The normalized spacial score (nSPS) is 20.5. The van der Waals surface area contributed by atoms with E-state index in [0.29, 0.717) is 18.4 Å². The van der Waals surface area contributed by atoms with Crippen LogP contribution in [0.15, 0.2) is 30.3 Å². The molecule has 1 fully saturated rings. The van der Waals surface area contributed by atoms with Crippen molar-refractivity contribution < 1.29 is 9.59 Å². The Morgan fingerprint density at radius 3 is 2.50 bits per heavy atom. The number of hydrogen-bond donors (Lipinski definition) is 3. The Kier molecular flexibility index (Phi) is 7.09. The number of carbonyl (C=O) groups excluding carboxylic acids is 2. The molecule has 0 radical (unpaired) electrons. The molecule has 1 aromatic rings. The summed E-state index contributed by atoms with van der Waals surface area (Å²) < 4.78 is 0. The molecule has 3 N–H and O–H groups in total. The molecular weight excluding hydrogens is 302 g/mol. The first-order chi connectivity index (χ1) is 11.6. The van der Waals surface area contributed by atoms with Crippen LogP contribution in [0.2, 0.25) is 0 Å². The summed E-state index contributed by atoms with van der Waals surface area (Å²) in [7, 11) is 0. The first kappa shape index (κ1) is 18.3. The van der Waals surface area contributed by atoms with E-state index in [1.165, 1.54) is 12.8 Å². The van der Waals surface area contributed by atoms with Gasteiger partial charge in [-0.25, -0.2) is 4.79 Å². The molecule has 2 atom stereocenters. The topological polar surface area (TPSA) is 70.2 Å². The molecule has 5 nitrogen and oxygen atoms in total. The lowest BCUT2D eigenvalue weighted by atomic mass is 9.78. The summed E-state index contributed by atoms with van der Waals surface area (Å²) in [6.45, 7) is 4.89. The van der Waals surface area contributed by atoms with Crippen molar-refractivity contribution in [2.75, 3.05) is 6.54 Å². The summed E-state index contributed by atoms with van der Waals surface area (Å²) in [5.41, 5.74) is 1.04. The summed E-state index contributed by atoms with van der Waals surface area (Å²) in [4.78, 5) is 23.9. The summed E-state index contributed by atoms with van der Waals surface area (Å²) in [6, 6.07) is 9.68. The molecule has 0 heterocycles. The minimum atomic E-state index is -0.248. The van der Waals surface area contributed by atoms with Crippen molar-refractivity contribution in [3.05, 3.63) is 35.9 Å². The monoisotopic (exact) mass is 331 g/mol. The van der Waals surface area contributed by atoms with Gasteiger partial charge in [0, 0.05) is 12.6 Å². The Labute approximate surface area is 144 Å². The Hall–Kier alpha value is -2.04. The van der Waals surface area contributed by atoms with Gasteiger partial charge in [0.25, 0.3) is 0 Å². The van der Waals surface area contributed by atoms with Crippen molar-refractivity contribution in [3.63, 3.8) is 0 Å². The van der Waals surface area contributed by atoms with E-state index in [-0.39, 0.29) is 24.5 Å². The second-order valence-electron chi connectivity index (χ2n) is 6.89. The van der Waals surface area contributed by atoms with E-state index < -0.39 is 0 Å². The number of amides is 3. The van der Waals surface area contributed by atoms with Gasteiger partial charge in [-0.1, -0.05) is 57.0 Å². The molecule has 1 aliphatic rings. The lowest BCUT2D eigenvalue weighted by Crippen LogP contribution is -2.49. The Bertz CT molecular complexity index is 531. The number of benzene rings is 1. The van der Waals surface area contributed by atoms with Gasteiger partial charge in [-0.15, -0.1) is 0 Å². The van der Waals surface area contributed by atoms with Crippen LogP contribution in [0, 0.1) is 11.8 Å². The molecule has 132 valence electrons. The Morgan fingerprint density at radius 1 is 1.08 bits per heavy atom. The van der Waals surface area contributed by atoms with Crippen LogP contribution in [0.3, 0.4) is 0 Å². The first-order valence-electron chi connectivity index (χ1n) is 8.91. The van der Waals surface area contributed by atoms with Crippen LogP contribution < -0.4 is 16.0 Å². The van der Waals surface area contributed by atoms with Crippen molar-refractivity contribution in [1.82, 2.24) is 16.0 Å². The molecule has 1 aliphatic carbocycles. The second kappa shape index (κ2) is 9.30. The van der Waals surface area contributed by atoms with Gasteiger partial charge in [0.15, 0.2) is 0 Å². The maximum atomic E-state index is 12.1. The van der Waals surface area contributed by atoms with E-state index in [0.717, 1.165) is 18.4 Å². The van der Waals surface area contributed by atoms with Gasteiger partial charge in [-0.3, -0.25) is 4.79 Å². The third-order valence-corrected chi connectivity index (χ3v) is 4.73. The van der Waals surface area contributed by atoms with Crippen LogP contribution >= 0.6 is 0 Å². The zero-order valence-corrected chi connectivity index (χ0v) is 14.7. The van der Waals surface area contributed by atoms with Crippen molar-refractivity contribution in [3.8, 4) is 0 Å². The molecule has 0 saturated heterocycles. The molecule has 2 unspecified atom stereocenters. The summed E-state index contributed by atoms with van der Waals surface area (Å²) >= 11 is 0. The van der Waals surface area contributed by atoms with Crippen molar-refractivity contribution in [2.45, 2.75) is 52.1 Å². The molecule has 0 bridgehead atoms. The number of rotatable bonds is 6. The van der Waals surface area contributed by atoms with E-state index in [9.17, 15) is 9.59 Å². The van der Waals surface area contributed by atoms with Gasteiger partial charge in [-0.05, 0) is 30.2 Å². The predicted molar refractivity (Wildman–Crippen MR) is 95.4 cm³/mol. The van der Waals surface area contributed by atoms with E-state index in [4.69, 9.17) is 0 Å². The molecular formula is C19H29N3O2. The summed E-state index contributed by atoms with van der Waals surface area (Å²) in [5, 5.41) is 8.52. The fraction of sp³-hybridized carbons (Fsp3) is 0.579. The maximum absolute atomic E-state index is 12.1. The van der Waals surface area contributed by atoms with Gasteiger partial charge in [0.2, 0.25) is 5.91 Å². The average Bonchev–Trinajstić information content (AvgIpc) is 2.59. The van der Waals surface area contributed by atoms with E-state index in [1.54, 1.807) is 0 Å². The van der Waals surface area contributed by atoms with Crippen LogP contribution in [-0.4, -0.2) is 24.5 Å². The van der Waals surface area contributed by atoms with Gasteiger partial charge in [0.05, 0.1) is 6.54 Å². The minimum absolute atomic E-state index is 0.00225. The highest BCUT2D eigenvalue weighted by atomic mass is 16.2. The number of hydrogen-bond acceptors (Lipinski definition) is 2. The van der Waals surface area contributed by atoms with Gasteiger partial charge in [0.1, 0.15) is 0 Å². The van der Waals surface area contributed by atoms with Crippen LogP contribution in [-0.2, 0) is 11.3 Å². The molecule has 1 saturated carbocycles. The van der Waals surface area contributed by atoms with Crippen molar-refractivity contribution >= 4 is 11.9 Å². The highest BCUT2D eigenvalue weighted by molar-refractivity contribution is 5.83. The SMILES string of the molecule is CC(C)C1CCCCC1NC(=O)NCC(=O)NCc1ccccc1. The average molecular weight is 331 g/mol. The lowest BCUT2D eigenvalue weighted by Gasteiger charge is -2.34. The van der Waals surface area contributed by atoms with Gasteiger partial charge < -0.3 is 16.0 Å². The Balaban J connectivity index is 1.69. The predicted octanol–water partition coefficient (Wildman–Crippen LogP) is 2.82. The first-order valence-corrected chi connectivity index (χ1v) is 8.91. The Morgan fingerprint density at radius 2 is 1.79 bits per heavy atom. The molecule has 24 heavy (non-hydrogen) atoms. The highest BCUT2D eigenvalue weighted by Gasteiger charge is 2.28. The lowest BCUT2D eigenvalue weighted by molar-refractivity contribution is -0.120. The largest absolute Gasteiger partial charge is 0.350 e. The molecule has 0 aliphatic heterocycles. The summed E-state index contributed by atoms with van der Waals surface area (Å²) in [6.07, 6.45) is 4.59. The highest BCUT2D eigenvalue weighted by Crippen LogP contribution is 2.30. The molecule has 5 heteroatoms. The third-order valence-electron chi connectivity index (χ3n) is 4.73. The standard InChI is InChI=1S/C19H29N3O2/c1-14(2)16-10-6-7-11-17(16)22-19(24)21-13-18(23)20-12-15-8-4-3-5-9-15/h3-5,8-9,14,16-17H,6-7,10-13H2,1-2H3,(H,20,23)(H2,21,22,24). The van der Waals surface area contributed by atoms with Crippen LogP contribution in [0.5, 0.6) is 0 Å². The smallest absolute Gasteiger partial charge is 0.315 e. The fourth-order valence-corrected chi connectivity index (χ4v) is 3.38. The number of carbonyl (C=O) groups is 2. The number of nitrogens with one attached hydrogen (secondary N) is 3. The van der Waals surface area contributed by atoms with Crippen LogP contribution in [0.4, 0.5) is 4.79 Å². The second-order valence-corrected chi connectivity index (χ2v) is 6.89. The molecule has 3 amide bonds. The van der Waals surface area contributed by atoms with E-state index in [1.807, 2.05) is 30.3 Å². The van der Waals surface area contributed by atoms with Gasteiger partial charge in [-0.2, -0.15) is 0 Å². The number of urea groups is 1. The zero-order chi connectivity index (χ0) is 17.4. The maximum Gasteiger partial charge on any atom is 0.315 e. The molecule has 0 aromatic heterocycles.